The van der Waals surface area contributed by atoms with Gasteiger partial charge in [0.2, 0.25) is 0 Å². The lowest BCUT2D eigenvalue weighted by atomic mass is 9.96. The molecule has 1 fully saturated rings. The molecule has 3 aromatic rings. The molecule has 0 unspecified atom stereocenters. The Morgan fingerprint density at radius 3 is 2.77 bits per heavy atom. The number of para-hydroxylation sites is 1. The fourth-order valence-electron chi connectivity index (χ4n) is 4.02. The summed E-state index contributed by atoms with van der Waals surface area (Å²) in [6.45, 7) is 8.09. The van der Waals surface area contributed by atoms with Crippen molar-refractivity contribution in [3.63, 3.8) is 0 Å². The fourth-order valence-corrected chi connectivity index (χ4v) is 4.48. The quantitative estimate of drug-likeness (QED) is 0.228. The number of nitrogens with one attached hydrogen (secondary N) is 2. The zero-order chi connectivity index (χ0) is 24.8. The zero-order valence-electron chi connectivity index (χ0n) is 20.3. The van der Waals surface area contributed by atoms with Gasteiger partial charge in [0.05, 0.1) is 23.1 Å². The molecule has 8 nitrogen and oxygen atoms in total. The molecule has 1 saturated heterocycles. The number of rotatable bonds is 6. The van der Waals surface area contributed by atoms with Gasteiger partial charge in [0.25, 0.3) is 0 Å². The highest BCUT2D eigenvalue weighted by Gasteiger charge is 2.23. The molecular weight excluding hydrogens is 555 g/mol. The van der Waals surface area contributed by atoms with Crippen molar-refractivity contribution in [1.29, 1.82) is 0 Å². The van der Waals surface area contributed by atoms with Crippen LogP contribution in [0.2, 0.25) is 0 Å². The Hall–Kier alpha value is -2.95. The van der Waals surface area contributed by atoms with Gasteiger partial charge >= 0.3 is 6.09 Å². The normalized spacial score (nSPS) is 14.9. The van der Waals surface area contributed by atoms with Crippen molar-refractivity contribution in [2.45, 2.75) is 39.2 Å². The molecule has 35 heavy (non-hydrogen) atoms. The molecule has 1 amide bonds. The van der Waals surface area contributed by atoms with Crippen LogP contribution < -0.4 is 15.6 Å². The van der Waals surface area contributed by atoms with Crippen molar-refractivity contribution < 1.29 is 9.53 Å². The standard InChI is InChI=1S/C26H31IN6O2/c1-26(2,3)35-25(34)29-16-18-10-13-33(14-11-18)22-6-4-5-19-7-8-21(31-24(19)22)17-30-32-23-15-20(27)9-12-28-23/h4-9,12,15,17-18H,10-11,13-14,16H2,1-3H3,(H,28,32)(H,29,34). The number of hydrogen-bond acceptors (Lipinski definition) is 7. The monoisotopic (exact) mass is 586 g/mol. The summed E-state index contributed by atoms with van der Waals surface area (Å²) in [5.41, 5.74) is 5.35. The van der Waals surface area contributed by atoms with Crippen molar-refractivity contribution in [3.8, 4) is 0 Å². The number of pyridine rings is 2. The van der Waals surface area contributed by atoms with E-state index in [1.54, 1.807) is 12.4 Å². The van der Waals surface area contributed by atoms with Gasteiger partial charge < -0.3 is 15.0 Å². The molecule has 4 rings (SSSR count). The Balaban J connectivity index is 1.38. The van der Waals surface area contributed by atoms with Crippen molar-refractivity contribution in [2.24, 2.45) is 11.0 Å². The van der Waals surface area contributed by atoms with E-state index in [2.05, 4.69) is 72.6 Å². The molecule has 1 aliphatic rings. The maximum Gasteiger partial charge on any atom is 0.407 e. The average Bonchev–Trinajstić information content (AvgIpc) is 2.82. The molecular formula is C26H31IN6O2. The lowest BCUT2D eigenvalue weighted by molar-refractivity contribution is 0.0517. The summed E-state index contributed by atoms with van der Waals surface area (Å²) < 4.78 is 6.44. The maximum atomic E-state index is 12.0. The number of anilines is 2. The number of amides is 1. The number of carbonyl (C=O) groups excluding carboxylic acids is 1. The van der Waals surface area contributed by atoms with Crippen LogP contribution in [0.5, 0.6) is 0 Å². The molecule has 1 aromatic carbocycles. The van der Waals surface area contributed by atoms with E-state index in [9.17, 15) is 4.79 Å². The first-order chi connectivity index (χ1) is 16.8. The first-order valence-corrected chi connectivity index (χ1v) is 12.9. The zero-order valence-corrected chi connectivity index (χ0v) is 22.4. The number of alkyl carbamates (subject to hydrolysis) is 1. The molecule has 0 spiro atoms. The first kappa shape index (κ1) is 25.2. The van der Waals surface area contributed by atoms with Crippen LogP contribution in [0.3, 0.4) is 0 Å². The van der Waals surface area contributed by atoms with Gasteiger partial charge in [0.1, 0.15) is 11.4 Å². The molecule has 2 aromatic heterocycles. The summed E-state index contributed by atoms with van der Waals surface area (Å²) in [7, 11) is 0. The molecule has 9 heteroatoms. The molecule has 2 N–H and O–H groups in total. The summed E-state index contributed by atoms with van der Waals surface area (Å²) in [5.74, 6) is 1.13. The average molecular weight is 586 g/mol. The number of ether oxygens (including phenoxy) is 1. The van der Waals surface area contributed by atoms with E-state index in [0.29, 0.717) is 18.3 Å². The van der Waals surface area contributed by atoms with Crippen molar-refractivity contribution in [1.82, 2.24) is 15.3 Å². The Labute approximate surface area is 219 Å². The predicted molar refractivity (Wildman–Crippen MR) is 149 cm³/mol. The predicted octanol–water partition coefficient (Wildman–Crippen LogP) is 5.42. The van der Waals surface area contributed by atoms with Crippen LogP contribution in [-0.4, -0.2) is 47.5 Å². The van der Waals surface area contributed by atoms with Gasteiger partial charge in [0, 0.05) is 34.8 Å². The molecule has 3 heterocycles. The second-order valence-electron chi connectivity index (χ2n) is 9.63. The minimum Gasteiger partial charge on any atom is -0.444 e. The van der Waals surface area contributed by atoms with E-state index in [0.717, 1.165) is 51.8 Å². The molecule has 1 aliphatic heterocycles. The van der Waals surface area contributed by atoms with Crippen molar-refractivity contribution in [2.75, 3.05) is 30.0 Å². The number of halogens is 1. The van der Waals surface area contributed by atoms with Crippen LogP contribution in [0.4, 0.5) is 16.3 Å². The van der Waals surface area contributed by atoms with Crippen LogP contribution in [0.25, 0.3) is 10.9 Å². The third-order valence-electron chi connectivity index (χ3n) is 5.71. The van der Waals surface area contributed by atoms with Gasteiger partial charge in [-0.1, -0.05) is 18.2 Å². The first-order valence-electron chi connectivity index (χ1n) is 11.8. The van der Waals surface area contributed by atoms with E-state index < -0.39 is 5.60 Å². The van der Waals surface area contributed by atoms with E-state index >= 15 is 0 Å². The Morgan fingerprint density at radius 2 is 2.03 bits per heavy atom. The Morgan fingerprint density at radius 1 is 1.23 bits per heavy atom. The minimum absolute atomic E-state index is 0.348. The van der Waals surface area contributed by atoms with E-state index in [4.69, 9.17) is 9.72 Å². The highest BCUT2D eigenvalue weighted by Crippen LogP contribution is 2.29. The Kier molecular flexibility index (Phi) is 8.04. The number of aromatic nitrogens is 2. The van der Waals surface area contributed by atoms with Crippen LogP contribution >= 0.6 is 22.6 Å². The van der Waals surface area contributed by atoms with Gasteiger partial charge in [-0.2, -0.15) is 5.10 Å². The summed E-state index contributed by atoms with van der Waals surface area (Å²) in [5, 5.41) is 8.32. The highest BCUT2D eigenvalue weighted by atomic mass is 127. The lowest BCUT2D eigenvalue weighted by Crippen LogP contribution is -2.40. The van der Waals surface area contributed by atoms with Crippen LogP contribution in [-0.2, 0) is 4.74 Å². The van der Waals surface area contributed by atoms with Gasteiger partial charge in [0.15, 0.2) is 0 Å². The summed E-state index contributed by atoms with van der Waals surface area (Å²) in [6.07, 6.45) is 5.11. The molecule has 0 saturated carbocycles. The number of benzene rings is 1. The second kappa shape index (κ2) is 11.2. The number of piperidine rings is 1. The molecule has 0 radical (unpaired) electrons. The van der Waals surface area contributed by atoms with Gasteiger partial charge in [-0.3, -0.25) is 5.43 Å². The molecule has 0 aliphatic carbocycles. The fraction of sp³-hybridized carbons (Fsp3) is 0.385. The summed E-state index contributed by atoms with van der Waals surface area (Å²) in [6, 6.07) is 14.2. The van der Waals surface area contributed by atoms with Gasteiger partial charge in [-0.05, 0) is 86.4 Å². The molecule has 0 atom stereocenters. The number of nitrogens with zero attached hydrogens (tertiary/aromatic N) is 4. The second-order valence-corrected chi connectivity index (χ2v) is 10.9. The molecule has 0 bridgehead atoms. The third-order valence-corrected chi connectivity index (χ3v) is 6.38. The number of carbonyl (C=O) groups is 1. The van der Waals surface area contributed by atoms with Crippen molar-refractivity contribution in [3.05, 3.63) is 57.9 Å². The van der Waals surface area contributed by atoms with Gasteiger partial charge in [-0.25, -0.2) is 14.8 Å². The Bertz CT molecular complexity index is 1200. The smallest absolute Gasteiger partial charge is 0.407 e. The summed E-state index contributed by atoms with van der Waals surface area (Å²) >= 11 is 2.24. The van der Waals surface area contributed by atoms with Crippen molar-refractivity contribution >= 4 is 57.3 Å². The minimum atomic E-state index is -0.481. The molecule has 184 valence electrons. The number of hydrazone groups is 1. The number of fused-ring (bicyclic) bond motifs is 1. The van der Waals surface area contributed by atoms with Crippen LogP contribution in [0.1, 0.15) is 39.3 Å². The lowest BCUT2D eigenvalue weighted by Gasteiger charge is -2.34. The maximum absolute atomic E-state index is 12.0. The van der Waals surface area contributed by atoms with Gasteiger partial charge in [-0.15, -0.1) is 0 Å². The van der Waals surface area contributed by atoms with Crippen LogP contribution in [0.15, 0.2) is 53.8 Å². The van der Waals surface area contributed by atoms with E-state index in [1.165, 1.54) is 0 Å². The largest absolute Gasteiger partial charge is 0.444 e. The SMILES string of the molecule is CC(C)(C)OC(=O)NCC1CCN(c2cccc3ccc(C=NNc4cc(I)ccn4)nc23)CC1. The van der Waals surface area contributed by atoms with Crippen LogP contribution in [0, 0.1) is 9.49 Å². The topological polar surface area (TPSA) is 91.7 Å². The highest BCUT2D eigenvalue weighted by molar-refractivity contribution is 14.1. The van der Waals surface area contributed by atoms with E-state index in [1.807, 2.05) is 39.0 Å². The van der Waals surface area contributed by atoms with E-state index in [-0.39, 0.29) is 6.09 Å². The summed E-state index contributed by atoms with van der Waals surface area (Å²) in [4.78, 5) is 23.5. The third kappa shape index (κ3) is 7.27. The number of hydrogen-bond donors (Lipinski definition) is 2.